The van der Waals surface area contributed by atoms with E-state index in [0.29, 0.717) is 24.1 Å². The molecule has 1 aromatic carbocycles. The van der Waals surface area contributed by atoms with Gasteiger partial charge in [0.15, 0.2) is 0 Å². The van der Waals surface area contributed by atoms with E-state index in [0.717, 1.165) is 25.2 Å². The van der Waals surface area contributed by atoms with Crippen LogP contribution in [0.5, 0.6) is 0 Å². The van der Waals surface area contributed by atoms with Gasteiger partial charge in [0.1, 0.15) is 5.58 Å². The third-order valence-electron chi connectivity index (χ3n) is 4.48. The minimum absolute atomic E-state index is 0.0114. The fraction of sp³-hybridized carbons (Fsp3) is 0.300. The largest absolute Gasteiger partial charge is 0.423 e. The van der Waals surface area contributed by atoms with Crippen molar-refractivity contribution in [3.8, 4) is 0 Å². The molecule has 1 amide bonds. The molecule has 3 aromatic rings. The van der Waals surface area contributed by atoms with Gasteiger partial charge in [-0.15, -0.1) is 11.3 Å². The van der Waals surface area contributed by atoms with Gasteiger partial charge in [-0.2, -0.15) is 0 Å². The molecule has 0 saturated carbocycles. The van der Waals surface area contributed by atoms with Crippen molar-refractivity contribution < 1.29 is 9.21 Å². The SMILES string of the molecule is Cc1ccc2c(C)c(CCC(=O)N(C)Cc3ccc(Br)s3)c(=O)oc2c1. The highest BCUT2D eigenvalue weighted by Crippen LogP contribution is 2.24. The van der Waals surface area contributed by atoms with Crippen LogP contribution in [-0.4, -0.2) is 17.9 Å². The summed E-state index contributed by atoms with van der Waals surface area (Å²) in [5.41, 5.74) is 2.78. The number of thiophene rings is 1. The number of rotatable bonds is 5. The molecule has 0 saturated heterocycles. The molecule has 6 heteroatoms. The van der Waals surface area contributed by atoms with E-state index < -0.39 is 0 Å². The molecular formula is C20H20BrNO3S. The van der Waals surface area contributed by atoms with Crippen molar-refractivity contribution in [2.45, 2.75) is 33.2 Å². The molecule has 4 nitrogen and oxygen atoms in total. The summed E-state index contributed by atoms with van der Waals surface area (Å²) in [5, 5.41) is 0.925. The quantitative estimate of drug-likeness (QED) is 0.541. The van der Waals surface area contributed by atoms with Gasteiger partial charge in [0.05, 0.1) is 10.3 Å². The number of carbonyl (C=O) groups is 1. The van der Waals surface area contributed by atoms with E-state index in [1.54, 1.807) is 23.3 Å². The minimum atomic E-state index is -0.349. The normalized spacial score (nSPS) is 11.1. The molecular weight excluding hydrogens is 414 g/mol. The number of hydrogen-bond acceptors (Lipinski definition) is 4. The van der Waals surface area contributed by atoms with Crippen molar-refractivity contribution in [1.82, 2.24) is 4.90 Å². The summed E-state index contributed by atoms with van der Waals surface area (Å²) in [5.74, 6) is 0.0114. The Hall–Kier alpha value is -1.92. The zero-order valence-electron chi connectivity index (χ0n) is 15.0. The molecule has 0 aliphatic heterocycles. The van der Waals surface area contributed by atoms with Gasteiger partial charge in [0.2, 0.25) is 5.91 Å². The molecule has 136 valence electrons. The van der Waals surface area contributed by atoms with Crippen LogP contribution in [0.1, 0.15) is 28.0 Å². The van der Waals surface area contributed by atoms with Gasteiger partial charge in [-0.05, 0) is 65.5 Å². The first-order valence-electron chi connectivity index (χ1n) is 8.36. The highest BCUT2D eigenvalue weighted by molar-refractivity contribution is 9.11. The maximum atomic E-state index is 12.4. The second-order valence-corrected chi connectivity index (χ2v) is 9.00. The Labute approximate surface area is 164 Å². The van der Waals surface area contributed by atoms with Crippen LogP contribution in [-0.2, 0) is 17.8 Å². The number of amides is 1. The molecule has 26 heavy (non-hydrogen) atoms. The molecule has 0 bridgehead atoms. The Bertz CT molecular complexity index is 1020. The van der Waals surface area contributed by atoms with E-state index in [9.17, 15) is 9.59 Å². The Morgan fingerprint density at radius 1 is 1.23 bits per heavy atom. The molecule has 0 atom stereocenters. The summed E-state index contributed by atoms with van der Waals surface area (Å²) in [4.78, 5) is 27.6. The monoisotopic (exact) mass is 433 g/mol. The molecule has 0 N–H and O–H groups in total. The average Bonchev–Trinajstić information content (AvgIpc) is 2.98. The summed E-state index contributed by atoms with van der Waals surface area (Å²) in [7, 11) is 1.79. The number of carbonyl (C=O) groups excluding carboxylic acids is 1. The molecule has 0 spiro atoms. The minimum Gasteiger partial charge on any atom is -0.423 e. The van der Waals surface area contributed by atoms with Gasteiger partial charge in [-0.1, -0.05) is 12.1 Å². The highest BCUT2D eigenvalue weighted by atomic mass is 79.9. The third-order valence-corrected chi connectivity index (χ3v) is 6.09. The van der Waals surface area contributed by atoms with Crippen LogP contribution in [0.15, 0.2) is 43.3 Å². The van der Waals surface area contributed by atoms with Crippen molar-refractivity contribution in [2.75, 3.05) is 7.05 Å². The molecule has 0 unspecified atom stereocenters. The Balaban J connectivity index is 1.73. The fourth-order valence-corrected chi connectivity index (χ4v) is 4.51. The van der Waals surface area contributed by atoms with Crippen LogP contribution < -0.4 is 5.63 Å². The van der Waals surface area contributed by atoms with E-state index in [4.69, 9.17) is 4.42 Å². The number of hydrogen-bond donors (Lipinski definition) is 0. The van der Waals surface area contributed by atoms with Crippen molar-refractivity contribution >= 4 is 44.1 Å². The molecule has 0 radical (unpaired) electrons. The standard InChI is InChI=1S/C20H20BrNO3S/c1-12-4-6-15-13(2)16(20(24)25-17(15)10-12)7-9-19(23)22(3)11-14-5-8-18(21)26-14/h4-6,8,10H,7,9,11H2,1-3H3. The lowest BCUT2D eigenvalue weighted by Gasteiger charge is -2.16. The average molecular weight is 434 g/mol. The topological polar surface area (TPSA) is 50.5 Å². The van der Waals surface area contributed by atoms with E-state index in [-0.39, 0.29) is 18.0 Å². The van der Waals surface area contributed by atoms with Gasteiger partial charge >= 0.3 is 5.63 Å². The van der Waals surface area contributed by atoms with Crippen LogP contribution in [0.4, 0.5) is 0 Å². The highest BCUT2D eigenvalue weighted by Gasteiger charge is 2.15. The lowest BCUT2D eigenvalue weighted by molar-refractivity contribution is -0.130. The van der Waals surface area contributed by atoms with Gasteiger partial charge in [-0.25, -0.2) is 4.79 Å². The van der Waals surface area contributed by atoms with Crippen LogP contribution in [0.3, 0.4) is 0 Å². The van der Waals surface area contributed by atoms with Crippen molar-refractivity contribution in [2.24, 2.45) is 0 Å². The fourth-order valence-electron chi connectivity index (χ4n) is 2.97. The Morgan fingerprint density at radius 2 is 2.00 bits per heavy atom. The zero-order chi connectivity index (χ0) is 18.8. The number of benzene rings is 1. The molecule has 2 aromatic heterocycles. The Morgan fingerprint density at radius 3 is 2.69 bits per heavy atom. The number of halogens is 1. The Kier molecular flexibility index (Phi) is 5.63. The van der Waals surface area contributed by atoms with Gasteiger partial charge in [0.25, 0.3) is 0 Å². The first-order chi connectivity index (χ1) is 12.3. The van der Waals surface area contributed by atoms with Gasteiger partial charge < -0.3 is 9.32 Å². The van der Waals surface area contributed by atoms with Crippen LogP contribution in [0.2, 0.25) is 0 Å². The first kappa shape index (κ1) is 18.9. The summed E-state index contributed by atoms with van der Waals surface area (Å²) >= 11 is 5.04. The van der Waals surface area contributed by atoms with Crippen molar-refractivity contribution in [1.29, 1.82) is 0 Å². The second-order valence-electron chi connectivity index (χ2n) is 6.45. The van der Waals surface area contributed by atoms with Crippen molar-refractivity contribution in [3.05, 3.63) is 66.1 Å². The smallest absolute Gasteiger partial charge is 0.339 e. The third kappa shape index (κ3) is 4.07. The van der Waals surface area contributed by atoms with Crippen LogP contribution in [0, 0.1) is 13.8 Å². The predicted octanol–water partition coefficient (Wildman–Crippen LogP) is 4.83. The van der Waals surface area contributed by atoms with Crippen molar-refractivity contribution in [3.63, 3.8) is 0 Å². The maximum absolute atomic E-state index is 12.4. The first-order valence-corrected chi connectivity index (χ1v) is 9.97. The van der Waals surface area contributed by atoms with Crippen LogP contribution in [0.25, 0.3) is 11.0 Å². The summed E-state index contributed by atoms with van der Waals surface area (Å²) < 4.78 is 6.51. The second kappa shape index (κ2) is 7.76. The number of nitrogens with zero attached hydrogens (tertiary/aromatic N) is 1. The molecule has 0 aliphatic rings. The zero-order valence-corrected chi connectivity index (χ0v) is 17.4. The number of fused-ring (bicyclic) bond motifs is 1. The van der Waals surface area contributed by atoms with Gasteiger partial charge in [-0.3, -0.25) is 4.79 Å². The van der Waals surface area contributed by atoms with Crippen LogP contribution >= 0.6 is 27.3 Å². The van der Waals surface area contributed by atoms with E-state index in [1.807, 2.05) is 44.2 Å². The van der Waals surface area contributed by atoms with Gasteiger partial charge in [0, 0.05) is 29.3 Å². The summed E-state index contributed by atoms with van der Waals surface area (Å²) in [6, 6.07) is 9.81. The predicted molar refractivity (Wildman–Crippen MR) is 109 cm³/mol. The van der Waals surface area contributed by atoms with E-state index in [2.05, 4.69) is 15.9 Å². The summed E-state index contributed by atoms with van der Waals surface area (Å²) in [6.45, 7) is 4.45. The molecule has 2 heterocycles. The van der Waals surface area contributed by atoms with E-state index in [1.165, 1.54) is 0 Å². The number of aryl methyl sites for hydroxylation is 2. The maximum Gasteiger partial charge on any atom is 0.339 e. The molecule has 0 fully saturated rings. The summed E-state index contributed by atoms with van der Waals surface area (Å²) in [6.07, 6.45) is 0.668. The molecule has 3 rings (SSSR count). The lowest BCUT2D eigenvalue weighted by Crippen LogP contribution is -2.26. The molecule has 0 aliphatic carbocycles. The lowest BCUT2D eigenvalue weighted by atomic mass is 10.0. The van der Waals surface area contributed by atoms with E-state index >= 15 is 0 Å².